The maximum atomic E-state index is 10.4. The first kappa shape index (κ1) is 32.9. The Hall–Kier alpha value is -3.45. The number of para-hydroxylation sites is 1. The van der Waals surface area contributed by atoms with Crippen molar-refractivity contribution in [3.63, 3.8) is 0 Å². The molecule has 7 heteroatoms. The minimum atomic E-state index is -4.27. The summed E-state index contributed by atoms with van der Waals surface area (Å²) in [6.45, 7) is 11.1. The second kappa shape index (κ2) is 12.4. The van der Waals surface area contributed by atoms with Gasteiger partial charge in [-0.25, -0.2) is 8.42 Å². The standard InChI is InChI=1S/C31H36ClN2.C7H8O3S/c1-30(2)23-11-7-9-13-25(23)33(5)27(30)19-17-21-15-16-22(29(21)32)18-20-28-31(3,4)24-12-8-10-14-26(24)34(28)6;1-6-2-4-7(5-3-6)11(8,9)10/h7-9,11-13,17-20H,10,14-16H2,1-6H3;2-5H,1H3,(H,8,9,10)/q+1;/p-1. The summed E-state index contributed by atoms with van der Waals surface area (Å²) in [5, 5.41) is 0.917. The van der Waals surface area contributed by atoms with Crippen molar-refractivity contribution in [3.05, 3.63) is 129 Å². The molecule has 0 N–H and O–H groups in total. The molecular weight excluding hydrogens is 600 g/mol. The van der Waals surface area contributed by atoms with Crippen molar-refractivity contribution in [1.29, 1.82) is 0 Å². The van der Waals surface area contributed by atoms with E-state index in [0.717, 1.165) is 36.3 Å². The van der Waals surface area contributed by atoms with Crippen molar-refractivity contribution < 1.29 is 17.5 Å². The lowest BCUT2D eigenvalue weighted by Gasteiger charge is -2.25. The van der Waals surface area contributed by atoms with E-state index in [2.05, 4.69) is 112 Å². The van der Waals surface area contributed by atoms with E-state index in [1.165, 1.54) is 57.2 Å². The van der Waals surface area contributed by atoms with Crippen molar-refractivity contribution in [2.75, 3.05) is 14.1 Å². The van der Waals surface area contributed by atoms with Gasteiger partial charge in [0, 0.05) is 46.6 Å². The Balaban J connectivity index is 0.000000309. The van der Waals surface area contributed by atoms with Gasteiger partial charge >= 0.3 is 0 Å². The number of fused-ring (bicyclic) bond motifs is 1. The predicted molar refractivity (Wildman–Crippen MR) is 184 cm³/mol. The van der Waals surface area contributed by atoms with E-state index in [1.807, 2.05) is 6.92 Å². The highest BCUT2D eigenvalue weighted by Crippen LogP contribution is 2.49. The number of aryl methyl sites for hydroxylation is 1. The molecule has 2 aliphatic heterocycles. The van der Waals surface area contributed by atoms with Crippen LogP contribution in [0.5, 0.6) is 0 Å². The molecule has 0 saturated heterocycles. The molecule has 2 aliphatic carbocycles. The SMILES string of the molecule is CN1C2=C(C=CCC2)C(C)(C)/C1=C\C=C1/CCC(/C=C/C2=[N+](C)c3ccccc3C2(C)C)=C1Cl.Cc1ccc(S(=O)(=O)[O-])cc1. The van der Waals surface area contributed by atoms with Crippen LogP contribution >= 0.6 is 11.6 Å². The number of hydrogen-bond acceptors (Lipinski definition) is 4. The summed E-state index contributed by atoms with van der Waals surface area (Å²) < 4.78 is 33.5. The van der Waals surface area contributed by atoms with Crippen molar-refractivity contribution in [2.45, 2.75) is 70.6 Å². The van der Waals surface area contributed by atoms with Gasteiger partial charge in [-0.3, -0.25) is 0 Å². The summed E-state index contributed by atoms with van der Waals surface area (Å²) in [5.41, 5.74) is 11.7. The van der Waals surface area contributed by atoms with Crippen LogP contribution in [0.1, 0.15) is 64.5 Å². The Bertz CT molecular complexity index is 1850. The maximum Gasteiger partial charge on any atom is 0.209 e. The molecule has 0 aromatic heterocycles. The molecule has 2 aromatic rings. The topological polar surface area (TPSA) is 63.5 Å². The molecule has 236 valence electrons. The van der Waals surface area contributed by atoms with Crippen molar-refractivity contribution >= 4 is 33.1 Å². The number of benzene rings is 2. The van der Waals surface area contributed by atoms with E-state index in [9.17, 15) is 13.0 Å². The Morgan fingerprint density at radius 3 is 2.27 bits per heavy atom. The first-order valence-corrected chi connectivity index (χ1v) is 17.3. The van der Waals surface area contributed by atoms with Crippen LogP contribution in [0.3, 0.4) is 0 Å². The van der Waals surface area contributed by atoms with Crippen molar-refractivity contribution in [1.82, 2.24) is 4.90 Å². The molecule has 2 aromatic carbocycles. The smallest absolute Gasteiger partial charge is 0.209 e. The maximum absolute atomic E-state index is 10.4. The molecule has 0 spiro atoms. The Morgan fingerprint density at radius 1 is 0.933 bits per heavy atom. The van der Waals surface area contributed by atoms with Gasteiger partial charge in [0.05, 0.1) is 10.3 Å². The normalized spacial score (nSPS) is 22.1. The first-order chi connectivity index (χ1) is 21.1. The molecule has 0 bridgehead atoms. The van der Waals surface area contributed by atoms with Gasteiger partial charge in [-0.05, 0) is 81.4 Å². The number of nitrogens with zero attached hydrogens (tertiary/aromatic N) is 2. The molecule has 0 fully saturated rings. The predicted octanol–water partition coefficient (Wildman–Crippen LogP) is 8.82. The average molecular weight is 643 g/mol. The van der Waals surface area contributed by atoms with Gasteiger partial charge in [0.2, 0.25) is 5.69 Å². The summed E-state index contributed by atoms with van der Waals surface area (Å²) in [5.74, 6) is 0. The van der Waals surface area contributed by atoms with Crippen LogP contribution in [0.4, 0.5) is 5.69 Å². The summed E-state index contributed by atoms with van der Waals surface area (Å²) >= 11 is 6.91. The van der Waals surface area contributed by atoms with E-state index in [1.54, 1.807) is 12.1 Å². The average Bonchev–Trinajstić information content (AvgIpc) is 3.51. The van der Waals surface area contributed by atoms with Crippen LogP contribution in [-0.4, -0.2) is 42.3 Å². The zero-order chi connectivity index (χ0) is 32.7. The third kappa shape index (κ3) is 6.33. The third-order valence-corrected chi connectivity index (χ3v) is 10.9. The summed E-state index contributed by atoms with van der Waals surface area (Å²) in [6, 6.07) is 14.5. The largest absolute Gasteiger partial charge is 0.744 e. The van der Waals surface area contributed by atoms with E-state index >= 15 is 0 Å². The number of rotatable bonds is 4. The molecule has 0 radical (unpaired) electrons. The second-order valence-corrected chi connectivity index (χ2v) is 15.0. The molecule has 0 amide bonds. The van der Waals surface area contributed by atoms with Gasteiger partial charge in [0.25, 0.3) is 0 Å². The van der Waals surface area contributed by atoms with Crippen LogP contribution in [0.2, 0.25) is 0 Å². The molecule has 2 heterocycles. The van der Waals surface area contributed by atoms with E-state index < -0.39 is 10.1 Å². The quantitative estimate of drug-likeness (QED) is 0.247. The molecular formula is C38H43ClN2O3S. The van der Waals surface area contributed by atoms with E-state index in [4.69, 9.17) is 11.6 Å². The summed E-state index contributed by atoms with van der Waals surface area (Å²) in [4.78, 5) is 2.22. The lowest BCUT2D eigenvalue weighted by Crippen LogP contribution is -2.26. The first-order valence-electron chi connectivity index (χ1n) is 15.5. The van der Waals surface area contributed by atoms with Gasteiger partial charge in [0.15, 0.2) is 5.71 Å². The van der Waals surface area contributed by atoms with Crippen LogP contribution < -0.4 is 0 Å². The van der Waals surface area contributed by atoms with Crippen molar-refractivity contribution in [2.24, 2.45) is 5.41 Å². The van der Waals surface area contributed by atoms with E-state index in [-0.39, 0.29) is 15.7 Å². The molecule has 0 saturated carbocycles. The summed E-state index contributed by atoms with van der Waals surface area (Å²) in [7, 11) is 0.106. The Morgan fingerprint density at radius 2 is 1.62 bits per heavy atom. The van der Waals surface area contributed by atoms with Crippen LogP contribution in [-0.2, 0) is 15.5 Å². The monoisotopic (exact) mass is 642 g/mol. The van der Waals surface area contributed by atoms with Gasteiger partial charge < -0.3 is 9.45 Å². The molecule has 6 rings (SSSR count). The van der Waals surface area contributed by atoms with Crippen molar-refractivity contribution in [3.8, 4) is 0 Å². The van der Waals surface area contributed by atoms with Gasteiger partial charge in [-0.15, -0.1) is 0 Å². The number of allylic oxidation sites excluding steroid dienone is 11. The molecule has 45 heavy (non-hydrogen) atoms. The zero-order valence-electron chi connectivity index (χ0n) is 27.3. The minimum Gasteiger partial charge on any atom is -0.744 e. The number of hydrogen-bond donors (Lipinski definition) is 0. The molecule has 0 unspecified atom stereocenters. The zero-order valence-corrected chi connectivity index (χ0v) is 28.9. The Labute approximate surface area is 274 Å². The fraction of sp³-hybridized carbons (Fsp3) is 0.342. The second-order valence-electron chi connectivity index (χ2n) is 13.3. The molecule has 0 atom stereocenters. The fourth-order valence-electron chi connectivity index (χ4n) is 6.97. The van der Waals surface area contributed by atoms with Crippen LogP contribution in [0.25, 0.3) is 0 Å². The van der Waals surface area contributed by atoms with Crippen LogP contribution in [0.15, 0.2) is 123 Å². The highest BCUT2D eigenvalue weighted by molar-refractivity contribution is 7.85. The lowest BCUT2D eigenvalue weighted by molar-refractivity contribution is -0.401. The Kier molecular flexibility index (Phi) is 9.07. The van der Waals surface area contributed by atoms with Gasteiger partial charge in [-0.1, -0.05) is 85.6 Å². The molecule has 5 nitrogen and oxygen atoms in total. The lowest BCUT2D eigenvalue weighted by atomic mass is 9.81. The highest BCUT2D eigenvalue weighted by Gasteiger charge is 2.43. The van der Waals surface area contributed by atoms with Gasteiger partial charge in [0.1, 0.15) is 17.2 Å². The van der Waals surface area contributed by atoms with Crippen LogP contribution in [0, 0.1) is 12.3 Å². The third-order valence-electron chi connectivity index (χ3n) is 9.59. The number of halogens is 1. The summed E-state index contributed by atoms with van der Waals surface area (Å²) in [6.07, 6.45) is 18.0. The fourth-order valence-corrected chi connectivity index (χ4v) is 7.75. The van der Waals surface area contributed by atoms with Gasteiger partial charge in [-0.2, -0.15) is 4.58 Å². The van der Waals surface area contributed by atoms with E-state index in [0.29, 0.717) is 0 Å². The molecule has 4 aliphatic rings. The highest BCUT2D eigenvalue weighted by atomic mass is 35.5. The minimum absolute atomic E-state index is 0.0181.